The molecule has 0 amide bonds. The van der Waals surface area contributed by atoms with Crippen LogP contribution < -0.4 is 0 Å². The van der Waals surface area contributed by atoms with E-state index in [9.17, 15) is 5.11 Å². The van der Waals surface area contributed by atoms with E-state index in [0.717, 1.165) is 53.1 Å². The van der Waals surface area contributed by atoms with Gasteiger partial charge in [0.25, 0.3) is 0 Å². The van der Waals surface area contributed by atoms with Crippen molar-refractivity contribution in [1.29, 1.82) is 0 Å². The highest BCUT2D eigenvalue weighted by Gasteiger charge is 2.35. The van der Waals surface area contributed by atoms with E-state index in [4.69, 9.17) is 4.74 Å². The van der Waals surface area contributed by atoms with Crippen molar-refractivity contribution in [3.63, 3.8) is 0 Å². The molecule has 0 aromatic rings. The largest absolute Gasteiger partial charge is 0.493 e. The van der Waals surface area contributed by atoms with Gasteiger partial charge >= 0.3 is 0 Å². The highest BCUT2D eigenvalue weighted by Crippen LogP contribution is 2.46. The monoisotopic (exact) mass is 442 g/mol. The van der Waals surface area contributed by atoms with E-state index < -0.39 is 5.60 Å². The molecule has 4 rings (SSSR count). The summed E-state index contributed by atoms with van der Waals surface area (Å²) in [5.74, 6) is 6.88. The molecule has 1 N–H and O–H groups in total. The Morgan fingerprint density at radius 1 is 0.781 bits per heavy atom. The second-order valence-corrected chi connectivity index (χ2v) is 12.3. The molecule has 1 atom stereocenters. The lowest BCUT2D eigenvalue weighted by molar-refractivity contribution is 0.0773. The first kappa shape index (κ1) is 24.4. The van der Waals surface area contributed by atoms with Gasteiger partial charge in [-0.2, -0.15) is 0 Å². The number of hydrogen-bond acceptors (Lipinski definition) is 2. The maximum Gasteiger partial charge on any atom is 0.118 e. The van der Waals surface area contributed by atoms with Crippen LogP contribution in [0.25, 0.3) is 0 Å². The van der Waals surface area contributed by atoms with Crippen molar-refractivity contribution in [3.8, 4) is 0 Å². The zero-order valence-electron chi connectivity index (χ0n) is 21.5. The minimum atomic E-state index is -0.705. The van der Waals surface area contributed by atoms with Gasteiger partial charge < -0.3 is 9.84 Å². The van der Waals surface area contributed by atoms with Crippen LogP contribution in [0, 0.1) is 35.5 Å². The third-order valence-corrected chi connectivity index (χ3v) is 10.4. The molecule has 2 heteroatoms. The minimum Gasteiger partial charge on any atom is -0.493 e. The van der Waals surface area contributed by atoms with Gasteiger partial charge in [0.05, 0.1) is 12.2 Å². The van der Waals surface area contributed by atoms with Crippen molar-refractivity contribution in [3.05, 3.63) is 23.0 Å². The first-order valence-corrected chi connectivity index (χ1v) is 14.1. The van der Waals surface area contributed by atoms with Gasteiger partial charge in [-0.15, -0.1) is 0 Å². The minimum absolute atomic E-state index is 0.668. The first-order valence-electron chi connectivity index (χ1n) is 14.1. The van der Waals surface area contributed by atoms with Crippen LogP contribution in [0.1, 0.15) is 118 Å². The average molecular weight is 443 g/mol. The van der Waals surface area contributed by atoms with E-state index in [1.54, 1.807) is 0 Å². The highest BCUT2D eigenvalue weighted by atomic mass is 16.5. The Labute approximate surface area is 198 Å². The normalized spacial score (nSPS) is 41.3. The van der Waals surface area contributed by atoms with Crippen LogP contribution in [-0.2, 0) is 4.74 Å². The van der Waals surface area contributed by atoms with Gasteiger partial charge in [0.15, 0.2) is 0 Å². The molecular weight excluding hydrogens is 392 g/mol. The van der Waals surface area contributed by atoms with Crippen LogP contribution >= 0.6 is 0 Å². The zero-order chi connectivity index (χ0) is 22.7. The molecule has 0 aromatic carbocycles. The summed E-state index contributed by atoms with van der Waals surface area (Å²) in [6, 6.07) is 0. The molecule has 0 spiro atoms. The average Bonchev–Trinajstić information content (AvgIpc) is 2.83. The lowest BCUT2D eigenvalue weighted by Crippen LogP contribution is -2.30. The maximum atomic E-state index is 10.5. The lowest BCUT2D eigenvalue weighted by atomic mass is 9.65. The molecule has 0 saturated heterocycles. The molecule has 0 aliphatic heterocycles. The Hall–Kier alpha value is -0.760. The third kappa shape index (κ3) is 5.65. The van der Waals surface area contributed by atoms with Gasteiger partial charge in [-0.25, -0.2) is 0 Å². The second kappa shape index (κ2) is 10.7. The van der Waals surface area contributed by atoms with E-state index in [1.165, 1.54) is 83.5 Å². The molecule has 0 aromatic heterocycles. The Bertz CT molecular complexity index is 663. The predicted molar refractivity (Wildman–Crippen MR) is 134 cm³/mol. The molecule has 3 fully saturated rings. The number of rotatable bonds is 6. The summed E-state index contributed by atoms with van der Waals surface area (Å²) in [5.41, 5.74) is 1.49. The molecule has 0 heterocycles. The molecule has 4 aliphatic rings. The van der Waals surface area contributed by atoms with Crippen molar-refractivity contribution in [2.24, 2.45) is 35.5 Å². The predicted octanol–water partition coefficient (Wildman–Crippen LogP) is 8.21. The molecular formula is C30H50O2. The van der Waals surface area contributed by atoms with Crippen LogP contribution in [0.5, 0.6) is 0 Å². The fourth-order valence-corrected chi connectivity index (χ4v) is 7.54. The Balaban J connectivity index is 1.16. The Morgan fingerprint density at radius 2 is 1.22 bits per heavy atom. The van der Waals surface area contributed by atoms with Gasteiger partial charge in [0, 0.05) is 6.42 Å². The third-order valence-electron chi connectivity index (χ3n) is 10.4. The van der Waals surface area contributed by atoms with E-state index in [0.29, 0.717) is 12.3 Å². The van der Waals surface area contributed by atoms with E-state index in [2.05, 4.69) is 19.9 Å². The smallest absolute Gasteiger partial charge is 0.118 e. The van der Waals surface area contributed by atoms with Crippen LogP contribution in [0.15, 0.2) is 23.0 Å². The van der Waals surface area contributed by atoms with Crippen LogP contribution in [0.3, 0.4) is 0 Å². The summed E-state index contributed by atoms with van der Waals surface area (Å²) in [6.45, 7) is 9.29. The van der Waals surface area contributed by atoms with Crippen molar-refractivity contribution in [2.75, 3.05) is 6.61 Å². The summed E-state index contributed by atoms with van der Waals surface area (Å²) in [6.07, 6.45) is 21.9. The lowest BCUT2D eigenvalue weighted by Gasteiger charge is -2.41. The number of aliphatic hydroxyl groups is 1. The quantitative estimate of drug-likeness (QED) is 0.449. The van der Waals surface area contributed by atoms with Gasteiger partial charge in [-0.3, -0.25) is 0 Å². The Kier molecular flexibility index (Phi) is 8.12. The molecule has 3 saturated carbocycles. The molecule has 2 nitrogen and oxygen atoms in total. The van der Waals surface area contributed by atoms with Gasteiger partial charge in [0.2, 0.25) is 0 Å². The summed E-state index contributed by atoms with van der Waals surface area (Å²) in [7, 11) is 0. The molecule has 0 bridgehead atoms. The van der Waals surface area contributed by atoms with Crippen LogP contribution in [-0.4, -0.2) is 17.3 Å². The van der Waals surface area contributed by atoms with Crippen LogP contribution in [0.2, 0.25) is 0 Å². The Morgan fingerprint density at radius 3 is 1.69 bits per heavy atom. The molecule has 182 valence electrons. The van der Waals surface area contributed by atoms with Gasteiger partial charge in [-0.05, 0) is 138 Å². The van der Waals surface area contributed by atoms with Crippen molar-refractivity contribution < 1.29 is 9.84 Å². The van der Waals surface area contributed by atoms with Crippen molar-refractivity contribution in [1.82, 2.24) is 0 Å². The topological polar surface area (TPSA) is 29.5 Å². The van der Waals surface area contributed by atoms with Gasteiger partial charge in [-0.1, -0.05) is 26.2 Å². The number of hydrogen-bond donors (Lipinski definition) is 1. The number of allylic oxidation sites excluding steroid dienone is 1. The first-order chi connectivity index (χ1) is 15.4. The fourth-order valence-electron chi connectivity index (χ4n) is 7.54. The summed E-state index contributed by atoms with van der Waals surface area (Å²) < 4.78 is 6.27. The van der Waals surface area contributed by atoms with Crippen LogP contribution in [0.4, 0.5) is 0 Å². The molecule has 0 radical (unpaired) electrons. The summed E-state index contributed by atoms with van der Waals surface area (Å²) >= 11 is 0. The number of ether oxygens (including phenoxy) is 1. The van der Waals surface area contributed by atoms with E-state index in [-0.39, 0.29) is 0 Å². The second-order valence-electron chi connectivity index (χ2n) is 12.3. The zero-order valence-corrected chi connectivity index (χ0v) is 21.5. The fraction of sp³-hybridized carbons (Fsp3) is 0.867. The van der Waals surface area contributed by atoms with Gasteiger partial charge in [0.1, 0.15) is 5.76 Å². The molecule has 4 aliphatic carbocycles. The maximum absolute atomic E-state index is 10.5. The highest BCUT2D eigenvalue weighted by molar-refractivity contribution is 5.37. The van der Waals surface area contributed by atoms with Crippen molar-refractivity contribution in [2.45, 2.75) is 123 Å². The molecule has 1 unspecified atom stereocenters. The SMILES string of the molecule is CCC1CCC(C2CCC(C3CCC(COC4=CCC(C)(O)C(C)=C4C)CC3)CC2)CC1. The summed E-state index contributed by atoms with van der Waals surface area (Å²) in [4.78, 5) is 0. The van der Waals surface area contributed by atoms with Crippen molar-refractivity contribution >= 4 is 0 Å². The standard InChI is InChI=1S/C30H50O2/c1-5-23-6-10-25(11-7-23)27-14-16-28(17-15-27)26-12-8-24(9-13-26)20-32-29-18-19-30(4,31)22(3)21(29)2/h18,23-28,31H,5-17,19-20H2,1-4H3. The summed E-state index contributed by atoms with van der Waals surface area (Å²) in [5, 5.41) is 10.5. The van der Waals surface area contributed by atoms with E-state index >= 15 is 0 Å². The van der Waals surface area contributed by atoms with E-state index in [1.807, 2.05) is 13.8 Å². The molecule has 32 heavy (non-hydrogen) atoms.